The molecule has 0 heterocycles. The van der Waals surface area contributed by atoms with Crippen LogP contribution in [0.4, 0.5) is 11.4 Å². The van der Waals surface area contributed by atoms with Crippen molar-refractivity contribution in [3.8, 4) is 0 Å². The number of anilines is 2. The molecule has 0 aromatic heterocycles. The van der Waals surface area contributed by atoms with Crippen molar-refractivity contribution < 1.29 is 18.0 Å². The summed E-state index contributed by atoms with van der Waals surface area (Å²) in [6.45, 7) is 1.39. The Morgan fingerprint density at radius 1 is 0.939 bits per heavy atom. The number of para-hydroxylation sites is 1. The second kappa shape index (κ2) is 9.46. The lowest BCUT2D eigenvalue weighted by molar-refractivity contribution is -0.114. The third kappa shape index (κ3) is 5.59. The van der Waals surface area contributed by atoms with Gasteiger partial charge in [-0.2, -0.15) is 0 Å². The Morgan fingerprint density at radius 2 is 1.67 bits per heavy atom. The minimum Gasteiger partial charge on any atom is -0.349 e. The molecule has 7 nitrogen and oxygen atoms in total. The highest BCUT2D eigenvalue weighted by Crippen LogP contribution is 2.24. The highest BCUT2D eigenvalue weighted by Gasteiger charge is 2.27. The van der Waals surface area contributed by atoms with Crippen LogP contribution in [0.3, 0.4) is 0 Å². The fourth-order valence-electron chi connectivity index (χ4n) is 3.38. The number of nitrogens with zero attached hydrogens (tertiary/aromatic N) is 1. The average molecular weight is 464 g/mol. The molecular formula is C25H25N3O4S. The highest BCUT2D eigenvalue weighted by molar-refractivity contribution is 7.92. The predicted octanol–water partition coefficient (Wildman–Crippen LogP) is 3.72. The lowest BCUT2D eigenvalue weighted by Gasteiger charge is -2.24. The lowest BCUT2D eigenvalue weighted by Crippen LogP contribution is -2.38. The predicted molar refractivity (Wildman–Crippen MR) is 128 cm³/mol. The molecule has 0 radical (unpaired) electrons. The van der Waals surface area contributed by atoms with Gasteiger partial charge in [0.25, 0.3) is 15.9 Å². The van der Waals surface area contributed by atoms with E-state index in [-0.39, 0.29) is 16.8 Å². The molecule has 0 atom stereocenters. The summed E-state index contributed by atoms with van der Waals surface area (Å²) in [6, 6.07) is 21.9. The molecular weight excluding hydrogens is 438 g/mol. The van der Waals surface area contributed by atoms with Crippen LogP contribution in [0.5, 0.6) is 0 Å². The van der Waals surface area contributed by atoms with Crippen LogP contribution in [0.2, 0.25) is 0 Å². The van der Waals surface area contributed by atoms with E-state index < -0.39 is 22.5 Å². The van der Waals surface area contributed by atoms with Gasteiger partial charge in [-0.25, -0.2) is 8.42 Å². The van der Waals surface area contributed by atoms with Gasteiger partial charge in [-0.3, -0.25) is 13.9 Å². The highest BCUT2D eigenvalue weighted by atomic mass is 32.2. The van der Waals surface area contributed by atoms with Gasteiger partial charge in [0.05, 0.1) is 10.6 Å². The number of nitrogens with one attached hydrogen (secondary N) is 2. The largest absolute Gasteiger partial charge is 0.349 e. The lowest BCUT2D eigenvalue weighted by atomic mass is 10.2. The molecule has 0 bridgehead atoms. The van der Waals surface area contributed by atoms with Gasteiger partial charge in [0.2, 0.25) is 5.91 Å². The van der Waals surface area contributed by atoms with Gasteiger partial charge in [-0.15, -0.1) is 0 Å². The fourth-order valence-corrected chi connectivity index (χ4v) is 4.90. The van der Waals surface area contributed by atoms with Gasteiger partial charge in [0, 0.05) is 17.3 Å². The Labute approximate surface area is 193 Å². The Kier molecular flexibility index (Phi) is 6.46. The zero-order valence-corrected chi connectivity index (χ0v) is 19.0. The topological polar surface area (TPSA) is 95.6 Å². The average Bonchev–Trinajstić information content (AvgIpc) is 3.62. The Hall–Kier alpha value is -3.65. The maximum Gasteiger partial charge on any atom is 0.264 e. The molecule has 4 rings (SSSR count). The molecule has 3 aromatic carbocycles. The Balaban J connectivity index is 1.56. The van der Waals surface area contributed by atoms with Gasteiger partial charge in [-0.1, -0.05) is 36.4 Å². The third-order valence-corrected chi connectivity index (χ3v) is 7.00. The summed E-state index contributed by atoms with van der Waals surface area (Å²) in [5.41, 5.74) is 2.04. The number of sulfonamides is 1. The van der Waals surface area contributed by atoms with Crippen molar-refractivity contribution in [1.29, 1.82) is 0 Å². The third-order valence-electron chi connectivity index (χ3n) is 5.23. The molecule has 2 N–H and O–H groups in total. The number of hydrogen-bond acceptors (Lipinski definition) is 4. The number of rotatable bonds is 8. The van der Waals surface area contributed by atoms with Crippen molar-refractivity contribution in [3.63, 3.8) is 0 Å². The molecule has 3 aromatic rings. The zero-order valence-electron chi connectivity index (χ0n) is 18.2. The van der Waals surface area contributed by atoms with E-state index in [1.54, 1.807) is 66.7 Å². The summed E-state index contributed by atoms with van der Waals surface area (Å²) in [5, 5.41) is 5.62. The first-order valence-electron chi connectivity index (χ1n) is 10.7. The van der Waals surface area contributed by atoms with Gasteiger partial charge in [0.1, 0.15) is 6.54 Å². The minimum absolute atomic E-state index is 0.109. The quantitative estimate of drug-likeness (QED) is 0.532. The number of carbonyl (C=O) groups is 2. The summed E-state index contributed by atoms with van der Waals surface area (Å²) < 4.78 is 27.9. The number of aryl methyl sites for hydroxylation is 1. The molecule has 1 fully saturated rings. The molecule has 1 aliphatic carbocycles. The van der Waals surface area contributed by atoms with Crippen molar-refractivity contribution in [2.24, 2.45) is 0 Å². The number of hydrogen-bond donors (Lipinski definition) is 2. The van der Waals surface area contributed by atoms with Crippen molar-refractivity contribution in [3.05, 3.63) is 90.0 Å². The van der Waals surface area contributed by atoms with Crippen LogP contribution in [-0.4, -0.2) is 32.8 Å². The molecule has 1 aliphatic rings. The molecule has 0 spiro atoms. The van der Waals surface area contributed by atoms with Crippen LogP contribution in [0.25, 0.3) is 0 Å². The van der Waals surface area contributed by atoms with E-state index in [4.69, 9.17) is 0 Å². The molecule has 0 aliphatic heterocycles. The van der Waals surface area contributed by atoms with E-state index in [2.05, 4.69) is 10.6 Å². The number of benzene rings is 3. The molecule has 33 heavy (non-hydrogen) atoms. The van der Waals surface area contributed by atoms with Crippen molar-refractivity contribution in [1.82, 2.24) is 5.32 Å². The van der Waals surface area contributed by atoms with Gasteiger partial charge < -0.3 is 10.6 Å². The van der Waals surface area contributed by atoms with Gasteiger partial charge >= 0.3 is 0 Å². The van der Waals surface area contributed by atoms with E-state index >= 15 is 0 Å². The molecule has 1 saturated carbocycles. The van der Waals surface area contributed by atoms with E-state index in [1.807, 2.05) is 13.0 Å². The van der Waals surface area contributed by atoms with Crippen molar-refractivity contribution in [2.75, 3.05) is 16.2 Å². The first kappa shape index (κ1) is 22.5. The summed E-state index contributed by atoms with van der Waals surface area (Å²) in [4.78, 5) is 25.3. The maximum atomic E-state index is 13.4. The monoisotopic (exact) mass is 463 g/mol. The van der Waals surface area contributed by atoms with Gasteiger partial charge in [-0.05, 0) is 67.8 Å². The van der Waals surface area contributed by atoms with Crippen molar-refractivity contribution >= 4 is 33.2 Å². The summed E-state index contributed by atoms with van der Waals surface area (Å²) in [7, 11) is -3.98. The van der Waals surface area contributed by atoms with Gasteiger partial charge in [0.15, 0.2) is 0 Å². The molecule has 2 amide bonds. The molecule has 8 heteroatoms. The van der Waals surface area contributed by atoms with E-state index in [0.29, 0.717) is 16.9 Å². The smallest absolute Gasteiger partial charge is 0.264 e. The van der Waals surface area contributed by atoms with Crippen LogP contribution < -0.4 is 14.9 Å². The van der Waals surface area contributed by atoms with Crippen LogP contribution >= 0.6 is 0 Å². The first-order chi connectivity index (χ1) is 15.8. The second-order valence-electron chi connectivity index (χ2n) is 8.04. The normalized spacial score (nSPS) is 13.2. The molecule has 0 saturated heterocycles. The van der Waals surface area contributed by atoms with E-state index in [9.17, 15) is 18.0 Å². The second-order valence-corrected chi connectivity index (χ2v) is 9.90. The Bertz CT molecular complexity index is 1270. The van der Waals surface area contributed by atoms with Crippen LogP contribution in [-0.2, 0) is 14.8 Å². The summed E-state index contributed by atoms with van der Waals surface area (Å²) >= 11 is 0. The maximum absolute atomic E-state index is 13.4. The van der Waals surface area contributed by atoms with Crippen molar-refractivity contribution in [2.45, 2.75) is 30.7 Å². The van der Waals surface area contributed by atoms with Crippen LogP contribution in [0.15, 0.2) is 83.8 Å². The van der Waals surface area contributed by atoms with E-state index in [0.717, 1.165) is 22.7 Å². The number of carbonyl (C=O) groups excluding carboxylic acids is 2. The summed E-state index contributed by atoms with van der Waals surface area (Å²) in [6.07, 6.45) is 1.96. The molecule has 170 valence electrons. The van der Waals surface area contributed by atoms with Crippen LogP contribution in [0, 0.1) is 6.92 Å². The molecule has 0 unspecified atom stereocenters. The SMILES string of the molecule is Cc1cccc(S(=O)(=O)N(CC(=O)Nc2cccc(C(=O)NC3CC3)c2)c2ccccc2)c1. The van der Waals surface area contributed by atoms with E-state index in [1.165, 1.54) is 6.07 Å². The zero-order chi connectivity index (χ0) is 23.4. The number of amides is 2. The Morgan fingerprint density at radius 3 is 2.36 bits per heavy atom. The first-order valence-corrected chi connectivity index (χ1v) is 12.1. The van der Waals surface area contributed by atoms with Crippen LogP contribution in [0.1, 0.15) is 28.8 Å². The standard InChI is InChI=1S/C25H25N3O4S/c1-18-7-5-12-23(15-18)33(31,32)28(22-10-3-2-4-11-22)17-24(29)26-21-9-6-8-19(16-21)25(30)27-20-13-14-20/h2-12,15-16,20H,13-14,17H2,1H3,(H,26,29)(H,27,30). The minimum atomic E-state index is -3.98. The fraction of sp³-hybridized carbons (Fsp3) is 0.200. The summed E-state index contributed by atoms with van der Waals surface area (Å²) in [5.74, 6) is -0.712.